The largest absolute Gasteiger partial charge is 0.491 e. The molecule has 0 bridgehead atoms. The van der Waals surface area contributed by atoms with E-state index in [-0.39, 0.29) is 13.2 Å². The van der Waals surface area contributed by atoms with Crippen molar-refractivity contribution in [2.75, 3.05) is 13.3 Å². The fourth-order valence-corrected chi connectivity index (χ4v) is 0.890. The van der Waals surface area contributed by atoms with Gasteiger partial charge in [-0.15, -0.1) is 0 Å². The van der Waals surface area contributed by atoms with Gasteiger partial charge in [0.2, 0.25) is 0 Å². The van der Waals surface area contributed by atoms with E-state index in [4.69, 9.17) is 9.84 Å². The summed E-state index contributed by atoms with van der Waals surface area (Å²) in [7, 11) is 0. The molecule has 1 aromatic carbocycles. The summed E-state index contributed by atoms with van der Waals surface area (Å²) in [6.07, 6.45) is 0. The van der Waals surface area contributed by atoms with Gasteiger partial charge in [-0.25, -0.2) is 4.39 Å². The van der Waals surface area contributed by atoms with Crippen molar-refractivity contribution in [3.8, 4) is 5.75 Å². The number of alkyl halides is 1. The van der Waals surface area contributed by atoms with Crippen LogP contribution in [0.4, 0.5) is 4.39 Å². The Labute approximate surface area is 70.6 Å². The van der Waals surface area contributed by atoms with E-state index in [2.05, 4.69) is 0 Å². The minimum Gasteiger partial charge on any atom is -0.491 e. The van der Waals surface area contributed by atoms with Crippen LogP contribution in [0.1, 0.15) is 5.56 Å². The molecule has 1 aromatic rings. The Morgan fingerprint density at radius 1 is 1.42 bits per heavy atom. The summed E-state index contributed by atoms with van der Waals surface area (Å²) in [6, 6.07) is 6.96. The van der Waals surface area contributed by atoms with Gasteiger partial charge in [0, 0.05) is 0 Å². The highest BCUT2D eigenvalue weighted by molar-refractivity contribution is 5.27. The monoisotopic (exact) mass is 170 g/mol. The van der Waals surface area contributed by atoms with Crippen molar-refractivity contribution in [3.05, 3.63) is 29.8 Å². The molecule has 0 saturated heterocycles. The molecule has 0 heterocycles. The van der Waals surface area contributed by atoms with Gasteiger partial charge in [-0.2, -0.15) is 0 Å². The lowest BCUT2D eigenvalue weighted by Gasteiger charge is -2.03. The van der Waals surface area contributed by atoms with Gasteiger partial charge in [-0.05, 0) is 17.7 Å². The molecule has 12 heavy (non-hydrogen) atoms. The Hall–Kier alpha value is -1.09. The predicted octanol–water partition coefficient (Wildman–Crippen LogP) is 1.53. The van der Waals surface area contributed by atoms with E-state index < -0.39 is 6.67 Å². The number of aliphatic hydroxyl groups is 1. The maximum atomic E-state index is 11.7. The molecule has 2 nitrogen and oxygen atoms in total. The Morgan fingerprint density at radius 2 is 2.25 bits per heavy atom. The fourth-order valence-electron chi connectivity index (χ4n) is 0.890. The third-order valence-electron chi connectivity index (χ3n) is 1.43. The van der Waals surface area contributed by atoms with E-state index in [1.807, 2.05) is 0 Å². The van der Waals surface area contributed by atoms with Gasteiger partial charge in [-0.1, -0.05) is 12.1 Å². The van der Waals surface area contributed by atoms with Crippen LogP contribution in [0.5, 0.6) is 5.75 Å². The van der Waals surface area contributed by atoms with Crippen LogP contribution in [0.3, 0.4) is 0 Å². The second-order valence-electron chi connectivity index (χ2n) is 2.34. The van der Waals surface area contributed by atoms with Crippen LogP contribution in [0, 0.1) is 0 Å². The maximum absolute atomic E-state index is 11.7. The van der Waals surface area contributed by atoms with Gasteiger partial charge < -0.3 is 9.84 Å². The highest BCUT2D eigenvalue weighted by Crippen LogP contribution is 2.12. The molecule has 0 aliphatic heterocycles. The standard InChI is InChI=1S/C9H11FO2/c10-4-5-12-9-3-1-2-8(6-9)7-11/h1-3,6,11H,4-5,7H2. The van der Waals surface area contributed by atoms with Crippen LogP contribution in [-0.2, 0) is 6.61 Å². The van der Waals surface area contributed by atoms with Gasteiger partial charge >= 0.3 is 0 Å². The molecular weight excluding hydrogens is 159 g/mol. The Kier molecular flexibility index (Phi) is 3.54. The lowest BCUT2D eigenvalue weighted by molar-refractivity contribution is 0.267. The first-order valence-electron chi connectivity index (χ1n) is 3.75. The van der Waals surface area contributed by atoms with Crippen LogP contribution < -0.4 is 4.74 Å². The average Bonchev–Trinajstić information content (AvgIpc) is 2.15. The average molecular weight is 170 g/mol. The molecule has 1 rings (SSSR count). The number of halogens is 1. The molecular formula is C9H11FO2. The van der Waals surface area contributed by atoms with E-state index in [9.17, 15) is 4.39 Å². The minimum atomic E-state index is -0.497. The van der Waals surface area contributed by atoms with Gasteiger partial charge in [0.25, 0.3) is 0 Å². The van der Waals surface area contributed by atoms with Crippen molar-refractivity contribution in [2.24, 2.45) is 0 Å². The molecule has 66 valence electrons. The van der Waals surface area contributed by atoms with E-state index in [0.29, 0.717) is 5.75 Å². The van der Waals surface area contributed by atoms with Crippen LogP contribution in [-0.4, -0.2) is 18.4 Å². The Morgan fingerprint density at radius 3 is 2.92 bits per heavy atom. The van der Waals surface area contributed by atoms with Crippen LogP contribution >= 0.6 is 0 Å². The summed E-state index contributed by atoms with van der Waals surface area (Å²) >= 11 is 0. The van der Waals surface area contributed by atoms with Crippen molar-refractivity contribution < 1.29 is 14.2 Å². The molecule has 0 aliphatic rings. The zero-order valence-electron chi connectivity index (χ0n) is 6.66. The van der Waals surface area contributed by atoms with Gasteiger partial charge in [0.05, 0.1) is 6.61 Å². The van der Waals surface area contributed by atoms with Crippen molar-refractivity contribution in [3.63, 3.8) is 0 Å². The normalized spacial score (nSPS) is 9.83. The summed E-state index contributed by atoms with van der Waals surface area (Å²) in [5, 5.41) is 8.76. The Bertz CT molecular complexity index is 238. The smallest absolute Gasteiger partial charge is 0.123 e. The first-order valence-corrected chi connectivity index (χ1v) is 3.75. The van der Waals surface area contributed by atoms with Crippen LogP contribution in [0.25, 0.3) is 0 Å². The van der Waals surface area contributed by atoms with E-state index in [1.54, 1.807) is 24.3 Å². The molecule has 0 unspecified atom stereocenters. The van der Waals surface area contributed by atoms with E-state index in [1.165, 1.54) is 0 Å². The van der Waals surface area contributed by atoms with Gasteiger partial charge in [0.1, 0.15) is 19.0 Å². The Balaban J connectivity index is 2.60. The predicted molar refractivity (Wildman–Crippen MR) is 43.8 cm³/mol. The van der Waals surface area contributed by atoms with Crippen molar-refractivity contribution >= 4 is 0 Å². The number of aliphatic hydroxyl groups excluding tert-OH is 1. The molecule has 0 saturated carbocycles. The first-order chi connectivity index (χ1) is 5.86. The number of hydrogen-bond acceptors (Lipinski definition) is 2. The molecule has 1 N–H and O–H groups in total. The zero-order valence-corrected chi connectivity index (χ0v) is 6.66. The number of ether oxygens (including phenoxy) is 1. The quantitative estimate of drug-likeness (QED) is 0.742. The summed E-state index contributed by atoms with van der Waals surface area (Å²) in [6.45, 7) is -0.453. The molecule has 0 amide bonds. The number of hydrogen-bond donors (Lipinski definition) is 1. The topological polar surface area (TPSA) is 29.5 Å². The van der Waals surface area contributed by atoms with Gasteiger partial charge in [-0.3, -0.25) is 0 Å². The second kappa shape index (κ2) is 4.72. The number of rotatable bonds is 4. The third-order valence-corrected chi connectivity index (χ3v) is 1.43. The summed E-state index contributed by atoms with van der Waals surface area (Å²) in [4.78, 5) is 0. The van der Waals surface area contributed by atoms with E-state index in [0.717, 1.165) is 5.56 Å². The van der Waals surface area contributed by atoms with Crippen molar-refractivity contribution in [2.45, 2.75) is 6.61 Å². The molecule has 0 atom stereocenters. The molecule has 0 aromatic heterocycles. The molecule has 0 spiro atoms. The fraction of sp³-hybridized carbons (Fsp3) is 0.333. The third kappa shape index (κ3) is 2.51. The molecule has 0 radical (unpaired) electrons. The van der Waals surface area contributed by atoms with E-state index >= 15 is 0 Å². The zero-order chi connectivity index (χ0) is 8.81. The lowest BCUT2D eigenvalue weighted by Crippen LogP contribution is -1.98. The maximum Gasteiger partial charge on any atom is 0.123 e. The lowest BCUT2D eigenvalue weighted by atomic mass is 10.2. The number of benzene rings is 1. The van der Waals surface area contributed by atoms with Gasteiger partial charge in [0.15, 0.2) is 0 Å². The van der Waals surface area contributed by atoms with Crippen LogP contribution in [0.15, 0.2) is 24.3 Å². The van der Waals surface area contributed by atoms with Crippen molar-refractivity contribution in [1.82, 2.24) is 0 Å². The molecule has 3 heteroatoms. The molecule has 0 aliphatic carbocycles. The minimum absolute atomic E-state index is 0.0210. The summed E-state index contributed by atoms with van der Waals surface area (Å²) in [5.41, 5.74) is 0.770. The summed E-state index contributed by atoms with van der Waals surface area (Å²) < 4.78 is 16.7. The van der Waals surface area contributed by atoms with Crippen LogP contribution in [0.2, 0.25) is 0 Å². The summed E-state index contributed by atoms with van der Waals surface area (Å²) in [5.74, 6) is 0.596. The molecule has 0 fully saturated rings. The second-order valence-corrected chi connectivity index (χ2v) is 2.34. The first kappa shape index (κ1) is 9.00. The highest BCUT2D eigenvalue weighted by atomic mass is 19.1. The SMILES string of the molecule is OCc1cccc(OCCF)c1. The highest BCUT2D eigenvalue weighted by Gasteiger charge is 1.94. The van der Waals surface area contributed by atoms with Crippen molar-refractivity contribution in [1.29, 1.82) is 0 Å².